The number of hydrogen-bond donors (Lipinski definition) is 2. The third kappa shape index (κ3) is 3.67. The van der Waals surface area contributed by atoms with Crippen LogP contribution in [0.15, 0.2) is 4.47 Å². The molecule has 2 unspecified atom stereocenters. The van der Waals surface area contributed by atoms with E-state index in [0.717, 1.165) is 28.8 Å². The molecule has 2 atom stereocenters. The quantitative estimate of drug-likeness (QED) is 0.569. The van der Waals surface area contributed by atoms with Crippen LogP contribution >= 0.6 is 15.9 Å². The molecule has 1 aliphatic rings. The fraction of sp³-hybridized carbons (Fsp3) is 0.769. The number of rotatable bonds is 6. The Hall–Kier alpha value is -0.440. The van der Waals surface area contributed by atoms with E-state index in [9.17, 15) is 8.42 Å². The first-order valence-electron chi connectivity index (χ1n) is 7.32. The number of hydrogen-bond acceptors (Lipinski definition) is 5. The van der Waals surface area contributed by atoms with Crippen LogP contribution in [-0.2, 0) is 29.2 Å². The van der Waals surface area contributed by atoms with Crippen molar-refractivity contribution in [2.24, 2.45) is 11.8 Å². The van der Waals surface area contributed by atoms with Gasteiger partial charge in [0, 0.05) is 19.0 Å². The molecule has 0 aromatic carbocycles. The molecule has 0 bridgehead atoms. The Labute approximate surface area is 134 Å². The van der Waals surface area contributed by atoms with E-state index in [4.69, 9.17) is 5.84 Å². The van der Waals surface area contributed by atoms with Crippen LogP contribution in [0.3, 0.4) is 0 Å². The lowest BCUT2D eigenvalue weighted by Crippen LogP contribution is -2.43. The Morgan fingerprint density at radius 1 is 1.52 bits per heavy atom. The average Bonchev–Trinajstić information content (AvgIpc) is 2.96. The van der Waals surface area contributed by atoms with E-state index in [0.29, 0.717) is 12.8 Å². The number of halogens is 1. The summed E-state index contributed by atoms with van der Waals surface area (Å²) in [6.45, 7) is 4.90. The predicted molar refractivity (Wildman–Crippen MR) is 86.6 cm³/mol. The predicted octanol–water partition coefficient (Wildman–Crippen LogP) is 1.04. The smallest absolute Gasteiger partial charge is 0.150 e. The molecule has 2 heterocycles. The lowest BCUT2D eigenvalue weighted by molar-refractivity contribution is 0.376. The van der Waals surface area contributed by atoms with E-state index in [1.807, 2.05) is 11.6 Å². The molecule has 21 heavy (non-hydrogen) atoms. The molecule has 0 amide bonds. The van der Waals surface area contributed by atoms with Crippen LogP contribution in [0, 0.1) is 5.92 Å². The van der Waals surface area contributed by atoms with Crippen molar-refractivity contribution in [2.75, 3.05) is 11.5 Å². The van der Waals surface area contributed by atoms with Gasteiger partial charge in [0.25, 0.3) is 0 Å². The summed E-state index contributed by atoms with van der Waals surface area (Å²) in [5.74, 6) is 6.24. The van der Waals surface area contributed by atoms with Crippen LogP contribution in [-0.4, -0.2) is 35.7 Å². The standard InChI is InChI=1S/C13H23BrN4O2S/c1-3-10-13(14)12(18(4-2)17-10)7-11(16-15)9-5-6-21(19,20)8-9/h9,11,16H,3-8,15H2,1-2H3. The molecule has 1 aliphatic heterocycles. The lowest BCUT2D eigenvalue weighted by atomic mass is 9.95. The molecule has 1 aromatic rings. The van der Waals surface area contributed by atoms with E-state index in [2.05, 4.69) is 33.4 Å². The van der Waals surface area contributed by atoms with Gasteiger partial charge in [0.05, 0.1) is 27.4 Å². The molecule has 0 saturated carbocycles. The van der Waals surface area contributed by atoms with Gasteiger partial charge in [0.1, 0.15) is 0 Å². The van der Waals surface area contributed by atoms with Gasteiger partial charge in [-0.3, -0.25) is 16.0 Å². The lowest BCUT2D eigenvalue weighted by Gasteiger charge is -2.22. The summed E-state index contributed by atoms with van der Waals surface area (Å²) in [4.78, 5) is 0. The van der Waals surface area contributed by atoms with Crippen LogP contribution in [0.4, 0.5) is 0 Å². The third-order valence-electron chi connectivity index (χ3n) is 4.16. The van der Waals surface area contributed by atoms with E-state index in [1.54, 1.807) is 0 Å². The minimum atomic E-state index is -2.90. The van der Waals surface area contributed by atoms with Crippen molar-refractivity contribution in [1.82, 2.24) is 15.2 Å². The van der Waals surface area contributed by atoms with Crippen molar-refractivity contribution >= 4 is 25.8 Å². The van der Waals surface area contributed by atoms with Gasteiger partial charge in [-0.15, -0.1) is 0 Å². The zero-order valence-electron chi connectivity index (χ0n) is 12.5. The van der Waals surface area contributed by atoms with Gasteiger partial charge in [0.2, 0.25) is 0 Å². The molecule has 1 aromatic heterocycles. The fourth-order valence-corrected chi connectivity index (χ4v) is 5.53. The van der Waals surface area contributed by atoms with Gasteiger partial charge in [-0.25, -0.2) is 8.42 Å². The maximum atomic E-state index is 11.7. The van der Waals surface area contributed by atoms with E-state index in [-0.39, 0.29) is 23.5 Å². The van der Waals surface area contributed by atoms with Crippen LogP contribution in [0.5, 0.6) is 0 Å². The number of nitrogens with one attached hydrogen (secondary N) is 1. The molecule has 3 N–H and O–H groups in total. The molecule has 2 rings (SSSR count). The first-order valence-corrected chi connectivity index (χ1v) is 9.93. The van der Waals surface area contributed by atoms with E-state index in [1.165, 1.54) is 0 Å². The molecule has 0 spiro atoms. The van der Waals surface area contributed by atoms with Crippen LogP contribution in [0.1, 0.15) is 31.7 Å². The molecule has 6 nitrogen and oxygen atoms in total. The third-order valence-corrected chi connectivity index (χ3v) is 6.87. The maximum absolute atomic E-state index is 11.7. The Bertz CT molecular complexity index is 600. The summed E-state index contributed by atoms with van der Waals surface area (Å²) < 4.78 is 26.3. The second-order valence-corrected chi connectivity index (χ2v) is 8.54. The molecule has 1 saturated heterocycles. The topological polar surface area (TPSA) is 90.0 Å². The highest BCUT2D eigenvalue weighted by atomic mass is 79.9. The number of nitrogens with zero attached hydrogens (tertiary/aromatic N) is 2. The second kappa shape index (κ2) is 6.76. The highest BCUT2D eigenvalue weighted by Crippen LogP contribution is 2.28. The van der Waals surface area contributed by atoms with Crippen molar-refractivity contribution < 1.29 is 8.42 Å². The van der Waals surface area contributed by atoms with Gasteiger partial charge in [-0.1, -0.05) is 6.92 Å². The van der Waals surface area contributed by atoms with Crippen LogP contribution in [0.2, 0.25) is 0 Å². The van der Waals surface area contributed by atoms with Gasteiger partial charge in [-0.2, -0.15) is 5.10 Å². The van der Waals surface area contributed by atoms with Crippen molar-refractivity contribution in [3.05, 3.63) is 15.9 Å². The molecule has 0 aliphatic carbocycles. The van der Waals surface area contributed by atoms with Crippen molar-refractivity contribution in [3.63, 3.8) is 0 Å². The minimum absolute atomic E-state index is 0.0507. The molecule has 120 valence electrons. The molecule has 1 fully saturated rings. The molecule has 8 heteroatoms. The number of sulfone groups is 1. The van der Waals surface area contributed by atoms with Crippen molar-refractivity contribution in [3.8, 4) is 0 Å². The highest BCUT2D eigenvalue weighted by molar-refractivity contribution is 9.10. The number of aryl methyl sites for hydroxylation is 2. The summed E-state index contributed by atoms with van der Waals surface area (Å²) in [5.41, 5.74) is 4.92. The number of aromatic nitrogens is 2. The first-order chi connectivity index (χ1) is 9.91. The molecular weight excluding hydrogens is 356 g/mol. The zero-order valence-corrected chi connectivity index (χ0v) is 14.9. The number of hydrazine groups is 1. The monoisotopic (exact) mass is 378 g/mol. The summed E-state index contributed by atoms with van der Waals surface area (Å²) in [6.07, 6.45) is 2.22. The summed E-state index contributed by atoms with van der Waals surface area (Å²) in [6, 6.07) is -0.0507. The SMILES string of the molecule is CCc1nn(CC)c(CC(NN)C2CCS(=O)(=O)C2)c1Br. The highest BCUT2D eigenvalue weighted by Gasteiger charge is 2.34. The van der Waals surface area contributed by atoms with Crippen molar-refractivity contribution in [2.45, 2.75) is 45.7 Å². The summed E-state index contributed by atoms with van der Waals surface area (Å²) in [7, 11) is -2.90. The van der Waals surface area contributed by atoms with Gasteiger partial charge >= 0.3 is 0 Å². The Kier molecular flexibility index (Phi) is 5.45. The second-order valence-electron chi connectivity index (χ2n) is 5.52. The largest absolute Gasteiger partial charge is 0.271 e. The number of nitrogens with two attached hydrogens (primary N) is 1. The summed E-state index contributed by atoms with van der Waals surface area (Å²) >= 11 is 3.62. The molecular formula is C13H23BrN4O2S. The Morgan fingerprint density at radius 3 is 2.71 bits per heavy atom. The first kappa shape index (κ1) is 16.9. The van der Waals surface area contributed by atoms with Gasteiger partial charge in [-0.05, 0) is 41.6 Å². The molecule has 0 radical (unpaired) electrons. The minimum Gasteiger partial charge on any atom is -0.271 e. The van der Waals surface area contributed by atoms with Crippen molar-refractivity contribution in [1.29, 1.82) is 0 Å². The zero-order chi connectivity index (χ0) is 15.6. The summed E-state index contributed by atoms with van der Waals surface area (Å²) in [5, 5.41) is 4.57. The Morgan fingerprint density at radius 2 is 2.24 bits per heavy atom. The normalized spacial score (nSPS) is 22.6. The Balaban J connectivity index is 2.21. The van der Waals surface area contributed by atoms with E-state index < -0.39 is 9.84 Å². The van der Waals surface area contributed by atoms with Crippen LogP contribution in [0.25, 0.3) is 0 Å². The van der Waals surface area contributed by atoms with Gasteiger partial charge < -0.3 is 0 Å². The average molecular weight is 379 g/mol. The van der Waals surface area contributed by atoms with Crippen LogP contribution < -0.4 is 11.3 Å². The van der Waals surface area contributed by atoms with E-state index >= 15 is 0 Å². The fourth-order valence-electron chi connectivity index (χ4n) is 2.92. The maximum Gasteiger partial charge on any atom is 0.150 e. The van der Waals surface area contributed by atoms with Gasteiger partial charge in [0.15, 0.2) is 9.84 Å².